The summed E-state index contributed by atoms with van der Waals surface area (Å²) in [6, 6.07) is 1.30. The van der Waals surface area contributed by atoms with E-state index in [0.717, 1.165) is 0 Å². The summed E-state index contributed by atoms with van der Waals surface area (Å²) in [6.45, 7) is 0. The molecule has 4 nitrogen and oxygen atoms in total. The lowest BCUT2D eigenvalue weighted by Gasteiger charge is -1.94. The summed E-state index contributed by atoms with van der Waals surface area (Å²) in [5.41, 5.74) is 0.232. The molecule has 1 N–H and O–H groups in total. The minimum absolute atomic E-state index is 0.192. The summed E-state index contributed by atoms with van der Waals surface area (Å²) in [5.74, 6) is 0.563. The number of aromatic nitrogens is 4. The van der Waals surface area contributed by atoms with Gasteiger partial charge in [0.2, 0.25) is 0 Å². The Kier molecular flexibility index (Phi) is 2.03. The Hall–Kier alpha value is -1.72. The minimum atomic E-state index is -2.53. The molecule has 0 amide bonds. The molecule has 2 heterocycles. The van der Waals surface area contributed by atoms with Crippen LogP contribution in [0.4, 0.5) is 8.78 Å². The molecule has 0 aliphatic rings. The van der Waals surface area contributed by atoms with Gasteiger partial charge < -0.3 is 4.57 Å². The lowest BCUT2D eigenvalue weighted by atomic mass is 10.3. The van der Waals surface area contributed by atoms with Crippen molar-refractivity contribution in [2.75, 3.05) is 0 Å². The van der Waals surface area contributed by atoms with Gasteiger partial charge in [-0.1, -0.05) is 0 Å². The van der Waals surface area contributed by atoms with Crippen molar-refractivity contribution in [3.63, 3.8) is 0 Å². The second kappa shape index (κ2) is 3.21. The van der Waals surface area contributed by atoms with Gasteiger partial charge in [0.15, 0.2) is 5.82 Å². The molecule has 74 valence electrons. The van der Waals surface area contributed by atoms with Crippen LogP contribution in [0, 0.1) is 0 Å². The first kappa shape index (κ1) is 8.86. The van der Waals surface area contributed by atoms with Crippen LogP contribution in [0.15, 0.2) is 18.5 Å². The summed E-state index contributed by atoms with van der Waals surface area (Å²) >= 11 is 0. The highest BCUT2D eigenvalue weighted by atomic mass is 19.3. The van der Waals surface area contributed by atoms with E-state index < -0.39 is 6.43 Å². The first-order valence-electron chi connectivity index (χ1n) is 3.99. The zero-order valence-electron chi connectivity index (χ0n) is 7.41. The molecule has 14 heavy (non-hydrogen) atoms. The van der Waals surface area contributed by atoms with E-state index in [9.17, 15) is 8.78 Å². The van der Waals surface area contributed by atoms with Gasteiger partial charge in [0.05, 0.1) is 0 Å². The second-order valence-corrected chi connectivity index (χ2v) is 2.87. The van der Waals surface area contributed by atoms with E-state index >= 15 is 0 Å². The molecule has 0 bridgehead atoms. The summed E-state index contributed by atoms with van der Waals surface area (Å²) in [7, 11) is 1.78. The molecule has 0 atom stereocenters. The third-order valence-corrected chi connectivity index (χ3v) is 1.88. The lowest BCUT2D eigenvalue weighted by molar-refractivity contribution is 0.146. The van der Waals surface area contributed by atoms with Crippen molar-refractivity contribution in [2.45, 2.75) is 6.43 Å². The van der Waals surface area contributed by atoms with Crippen LogP contribution in [0.3, 0.4) is 0 Å². The quantitative estimate of drug-likeness (QED) is 0.799. The van der Waals surface area contributed by atoms with Gasteiger partial charge in [-0.2, -0.15) is 5.10 Å². The third-order valence-electron chi connectivity index (χ3n) is 1.88. The number of imidazole rings is 1. The summed E-state index contributed by atoms with van der Waals surface area (Å²) in [6.07, 6.45) is 0.787. The fourth-order valence-electron chi connectivity index (χ4n) is 1.18. The van der Waals surface area contributed by atoms with E-state index in [1.807, 2.05) is 0 Å². The molecule has 0 aliphatic heterocycles. The van der Waals surface area contributed by atoms with E-state index in [1.54, 1.807) is 24.0 Å². The smallest absolute Gasteiger partial charge is 0.279 e. The molecule has 2 aromatic heterocycles. The molecule has 2 rings (SSSR count). The summed E-state index contributed by atoms with van der Waals surface area (Å²) in [5, 5.41) is 6.02. The van der Waals surface area contributed by atoms with Crippen LogP contribution < -0.4 is 0 Å². The van der Waals surface area contributed by atoms with Crippen molar-refractivity contribution in [3.05, 3.63) is 24.2 Å². The Bertz CT molecular complexity index is 432. The van der Waals surface area contributed by atoms with Crippen molar-refractivity contribution in [1.82, 2.24) is 19.7 Å². The molecule has 0 saturated carbocycles. The largest absolute Gasteiger partial charge is 0.333 e. The molecule has 0 saturated heterocycles. The Labute approximate surface area is 78.6 Å². The van der Waals surface area contributed by atoms with Gasteiger partial charge in [-0.25, -0.2) is 13.8 Å². The van der Waals surface area contributed by atoms with E-state index in [-0.39, 0.29) is 5.69 Å². The summed E-state index contributed by atoms with van der Waals surface area (Å²) in [4.78, 5) is 3.99. The van der Waals surface area contributed by atoms with Crippen LogP contribution >= 0.6 is 0 Å². The fourth-order valence-corrected chi connectivity index (χ4v) is 1.18. The van der Waals surface area contributed by atoms with Crippen LogP contribution in [-0.4, -0.2) is 19.7 Å². The summed E-state index contributed by atoms with van der Waals surface area (Å²) < 4.78 is 26.2. The zero-order chi connectivity index (χ0) is 10.1. The van der Waals surface area contributed by atoms with Crippen LogP contribution in [0.1, 0.15) is 12.1 Å². The number of nitrogens with one attached hydrogen (secondary N) is 1. The monoisotopic (exact) mass is 198 g/mol. The highest BCUT2D eigenvalue weighted by molar-refractivity contribution is 5.49. The van der Waals surface area contributed by atoms with Gasteiger partial charge in [-0.15, -0.1) is 0 Å². The van der Waals surface area contributed by atoms with Gasteiger partial charge in [-0.05, 0) is 6.07 Å². The molecular formula is C8H8F2N4. The van der Waals surface area contributed by atoms with Crippen LogP contribution in [0.5, 0.6) is 0 Å². The molecule has 0 aromatic carbocycles. The maximum absolute atomic E-state index is 12.2. The van der Waals surface area contributed by atoms with Crippen molar-refractivity contribution in [2.24, 2.45) is 7.05 Å². The normalized spacial score (nSPS) is 11.1. The Morgan fingerprint density at radius 3 is 2.79 bits per heavy atom. The minimum Gasteiger partial charge on any atom is -0.333 e. The van der Waals surface area contributed by atoms with E-state index in [0.29, 0.717) is 11.5 Å². The number of halogens is 2. The number of nitrogens with zero attached hydrogens (tertiary/aromatic N) is 3. The zero-order valence-corrected chi connectivity index (χ0v) is 7.41. The number of hydrogen-bond donors (Lipinski definition) is 1. The third kappa shape index (κ3) is 1.39. The van der Waals surface area contributed by atoms with Crippen LogP contribution in [-0.2, 0) is 7.05 Å². The van der Waals surface area contributed by atoms with Crippen LogP contribution in [0.25, 0.3) is 11.5 Å². The van der Waals surface area contributed by atoms with E-state index in [4.69, 9.17) is 0 Å². The predicted octanol–water partition coefficient (Wildman–Crippen LogP) is 1.75. The molecule has 0 radical (unpaired) electrons. The van der Waals surface area contributed by atoms with Crippen molar-refractivity contribution in [1.29, 1.82) is 0 Å². The van der Waals surface area contributed by atoms with Crippen molar-refractivity contribution in [3.8, 4) is 11.5 Å². The average molecular weight is 198 g/mol. The number of H-pyrrole nitrogens is 1. The fraction of sp³-hybridized carbons (Fsp3) is 0.250. The molecule has 0 fully saturated rings. The Morgan fingerprint density at radius 1 is 1.50 bits per heavy atom. The van der Waals surface area contributed by atoms with Gasteiger partial charge in [-0.3, -0.25) is 5.10 Å². The molecule has 0 aliphatic carbocycles. The second-order valence-electron chi connectivity index (χ2n) is 2.87. The average Bonchev–Trinajstić information content (AvgIpc) is 2.71. The van der Waals surface area contributed by atoms with Gasteiger partial charge in [0.25, 0.3) is 6.43 Å². The molecule has 6 heteroatoms. The van der Waals surface area contributed by atoms with Gasteiger partial charge in [0, 0.05) is 19.4 Å². The van der Waals surface area contributed by atoms with Crippen molar-refractivity contribution < 1.29 is 8.78 Å². The molecule has 0 spiro atoms. The lowest BCUT2D eigenvalue weighted by Crippen LogP contribution is -1.90. The number of hydrogen-bond acceptors (Lipinski definition) is 2. The highest BCUT2D eigenvalue weighted by Crippen LogP contribution is 2.21. The topological polar surface area (TPSA) is 46.5 Å². The highest BCUT2D eigenvalue weighted by Gasteiger charge is 2.13. The van der Waals surface area contributed by atoms with Crippen molar-refractivity contribution >= 4 is 0 Å². The maximum atomic E-state index is 12.2. The number of aryl methyl sites for hydroxylation is 1. The van der Waals surface area contributed by atoms with Gasteiger partial charge in [0.1, 0.15) is 11.4 Å². The van der Waals surface area contributed by atoms with E-state index in [1.165, 1.54) is 6.07 Å². The standard InChI is InChI=1S/C8H8F2N4/c1-14-3-2-11-8(14)6-4-5(7(9)10)12-13-6/h2-4,7H,1H3,(H,12,13). The van der Waals surface area contributed by atoms with Gasteiger partial charge >= 0.3 is 0 Å². The molecular weight excluding hydrogens is 190 g/mol. The van der Waals surface area contributed by atoms with E-state index in [2.05, 4.69) is 15.2 Å². The number of rotatable bonds is 2. The van der Waals surface area contributed by atoms with Crippen LogP contribution in [0.2, 0.25) is 0 Å². The predicted molar refractivity (Wildman–Crippen MR) is 45.7 cm³/mol. The Balaban J connectivity index is 2.39. The molecule has 0 unspecified atom stereocenters. The first-order valence-corrected chi connectivity index (χ1v) is 3.99. The number of alkyl halides is 2. The molecule has 2 aromatic rings. The maximum Gasteiger partial charge on any atom is 0.279 e. The first-order chi connectivity index (χ1) is 6.68. The number of aromatic amines is 1. The Morgan fingerprint density at radius 2 is 2.29 bits per heavy atom. The SMILES string of the molecule is Cn1ccnc1-c1cc(C(F)F)[nH]n1.